The Bertz CT molecular complexity index is 1010. The summed E-state index contributed by atoms with van der Waals surface area (Å²) < 4.78 is 11.9. The van der Waals surface area contributed by atoms with Gasteiger partial charge in [-0.05, 0) is 42.5 Å². The molecule has 144 valence electrons. The lowest BCUT2D eigenvalue weighted by Crippen LogP contribution is -2.08. The van der Waals surface area contributed by atoms with E-state index in [1.54, 1.807) is 31.4 Å². The molecule has 0 saturated carbocycles. The third-order valence-corrected chi connectivity index (χ3v) is 4.58. The number of ether oxygens (including phenoxy) is 2. The van der Waals surface area contributed by atoms with E-state index in [9.17, 15) is 9.90 Å². The van der Waals surface area contributed by atoms with Gasteiger partial charge in [-0.2, -0.15) is 0 Å². The lowest BCUT2D eigenvalue weighted by Gasteiger charge is -2.20. The Kier molecular flexibility index (Phi) is 6.19. The molecule has 0 aliphatic heterocycles. The van der Waals surface area contributed by atoms with Crippen LogP contribution in [0.25, 0.3) is 11.8 Å². The summed E-state index contributed by atoms with van der Waals surface area (Å²) in [7, 11) is 2.89. The van der Waals surface area contributed by atoms with E-state index in [-0.39, 0.29) is 0 Å². The number of hydrogen-bond donors (Lipinski definition) is 1. The lowest BCUT2D eigenvalue weighted by atomic mass is 9.98. The fraction of sp³-hybridized carbons (Fsp3) is 0.136. The normalized spacial score (nSPS) is 12.1. The zero-order chi connectivity index (χ0) is 20.1. The van der Waals surface area contributed by atoms with Gasteiger partial charge in [0.2, 0.25) is 0 Å². The van der Waals surface area contributed by atoms with Gasteiger partial charge in [-0.1, -0.05) is 29.8 Å². The molecular weight excluding hydrogens is 378 g/mol. The molecule has 5 nitrogen and oxygen atoms in total. The molecule has 6 heteroatoms. The van der Waals surface area contributed by atoms with Gasteiger partial charge in [0.1, 0.15) is 11.9 Å². The first-order chi connectivity index (χ1) is 13.5. The summed E-state index contributed by atoms with van der Waals surface area (Å²) in [6.07, 6.45) is 3.89. The first-order valence-corrected chi connectivity index (χ1v) is 8.97. The predicted octanol–water partition coefficient (Wildman–Crippen LogP) is 4.41. The maximum Gasteiger partial charge on any atom is 0.330 e. The summed E-state index contributed by atoms with van der Waals surface area (Å²) in [5, 5.41) is 11.6. The highest BCUT2D eigenvalue weighted by atomic mass is 35.5. The number of rotatable bonds is 6. The second kappa shape index (κ2) is 8.78. The maximum absolute atomic E-state index is 11.4. The first kappa shape index (κ1) is 19.7. The lowest BCUT2D eigenvalue weighted by molar-refractivity contribution is -0.134. The van der Waals surface area contributed by atoms with Gasteiger partial charge in [-0.25, -0.2) is 4.79 Å². The zero-order valence-electron chi connectivity index (χ0n) is 15.5. The molecule has 0 bridgehead atoms. The minimum absolute atomic E-state index is 0.446. The Morgan fingerprint density at radius 2 is 1.89 bits per heavy atom. The molecule has 3 aromatic rings. The van der Waals surface area contributed by atoms with E-state index < -0.39 is 12.1 Å². The van der Waals surface area contributed by atoms with Crippen molar-refractivity contribution in [2.45, 2.75) is 6.10 Å². The van der Waals surface area contributed by atoms with Crippen molar-refractivity contribution in [2.75, 3.05) is 14.2 Å². The Labute approximate surface area is 168 Å². The number of aliphatic hydroxyl groups is 1. The number of aliphatic hydroxyl groups excluding tert-OH is 1. The van der Waals surface area contributed by atoms with Crippen molar-refractivity contribution in [3.8, 4) is 11.4 Å². The standard InChI is InChI=1S/C22H20ClNO4/c1-27-20-8-4-3-7-17(20)22(26)18-14-15(23)9-11-19(18)24-13-5-6-16(24)10-12-21(25)28-2/h3-14,22,26H,1-2H3. The molecule has 3 rings (SSSR count). The number of esters is 1. The van der Waals surface area contributed by atoms with Crippen LogP contribution in [0, 0.1) is 0 Å². The van der Waals surface area contributed by atoms with Crippen molar-refractivity contribution in [1.29, 1.82) is 0 Å². The molecule has 0 aliphatic carbocycles. The van der Waals surface area contributed by atoms with Crippen LogP contribution in [-0.2, 0) is 9.53 Å². The van der Waals surface area contributed by atoms with Crippen molar-refractivity contribution < 1.29 is 19.4 Å². The highest BCUT2D eigenvalue weighted by Gasteiger charge is 2.20. The maximum atomic E-state index is 11.4. The van der Waals surface area contributed by atoms with E-state index in [2.05, 4.69) is 4.74 Å². The third kappa shape index (κ3) is 4.11. The number of carbonyl (C=O) groups is 1. The topological polar surface area (TPSA) is 60.7 Å². The van der Waals surface area contributed by atoms with Crippen molar-refractivity contribution in [1.82, 2.24) is 4.57 Å². The van der Waals surface area contributed by atoms with Crippen LogP contribution in [-0.4, -0.2) is 29.9 Å². The number of para-hydroxylation sites is 1. The highest BCUT2D eigenvalue weighted by molar-refractivity contribution is 6.30. The third-order valence-electron chi connectivity index (χ3n) is 4.35. The van der Waals surface area contributed by atoms with Crippen LogP contribution in [0.5, 0.6) is 5.75 Å². The van der Waals surface area contributed by atoms with Gasteiger partial charge in [0.05, 0.1) is 19.9 Å². The molecule has 28 heavy (non-hydrogen) atoms. The van der Waals surface area contributed by atoms with Gasteiger partial charge >= 0.3 is 5.97 Å². The average molecular weight is 398 g/mol. The van der Waals surface area contributed by atoms with E-state index in [0.29, 0.717) is 21.9 Å². The molecule has 0 radical (unpaired) electrons. The molecule has 2 aromatic carbocycles. The van der Waals surface area contributed by atoms with Crippen LogP contribution in [0.1, 0.15) is 22.9 Å². The van der Waals surface area contributed by atoms with Crippen LogP contribution in [0.2, 0.25) is 5.02 Å². The molecular formula is C22H20ClNO4. The van der Waals surface area contributed by atoms with Crippen LogP contribution in [0.4, 0.5) is 0 Å². The van der Waals surface area contributed by atoms with Crippen LogP contribution >= 0.6 is 11.6 Å². The van der Waals surface area contributed by atoms with Crippen LogP contribution < -0.4 is 4.74 Å². The van der Waals surface area contributed by atoms with Gasteiger partial charge in [0, 0.05) is 34.1 Å². The second-order valence-electron chi connectivity index (χ2n) is 6.01. The Morgan fingerprint density at radius 1 is 1.11 bits per heavy atom. The first-order valence-electron chi connectivity index (χ1n) is 8.59. The molecule has 1 unspecified atom stereocenters. The number of methoxy groups -OCH3 is 2. The van der Waals surface area contributed by atoms with Crippen LogP contribution in [0.15, 0.2) is 66.9 Å². The van der Waals surface area contributed by atoms with E-state index in [1.807, 2.05) is 47.2 Å². The van der Waals surface area contributed by atoms with Crippen LogP contribution in [0.3, 0.4) is 0 Å². The van der Waals surface area contributed by atoms with E-state index >= 15 is 0 Å². The Hall–Kier alpha value is -3.02. The van der Waals surface area contributed by atoms with E-state index in [4.69, 9.17) is 16.3 Å². The zero-order valence-corrected chi connectivity index (χ0v) is 16.3. The van der Waals surface area contributed by atoms with Crippen molar-refractivity contribution in [2.24, 2.45) is 0 Å². The number of halogens is 1. The van der Waals surface area contributed by atoms with Crippen molar-refractivity contribution in [3.05, 3.63) is 88.7 Å². The molecule has 1 atom stereocenters. The van der Waals surface area contributed by atoms with Gasteiger partial charge in [-0.3, -0.25) is 0 Å². The minimum Gasteiger partial charge on any atom is -0.496 e. The van der Waals surface area contributed by atoms with Crippen molar-refractivity contribution in [3.63, 3.8) is 0 Å². The van der Waals surface area contributed by atoms with Crippen molar-refractivity contribution >= 4 is 23.6 Å². The largest absolute Gasteiger partial charge is 0.496 e. The van der Waals surface area contributed by atoms with Gasteiger partial charge in [0.15, 0.2) is 0 Å². The molecule has 1 N–H and O–H groups in total. The Balaban J connectivity index is 2.09. The van der Waals surface area contributed by atoms with E-state index in [1.165, 1.54) is 13.2 Å². The minimum atomic E-state index is -0.954. The monoisotopic (exact) mass is 397 g/mol. The Morgan fingerprint density at radius 3 is 2.64 bits per heavy atom. The number of benzene rings is 2. The molecule has 0 fully saturated rings. The quantitative estimate of drug-likeness (QED) is 0.494. The summed E-state index contributed by atoms with van der Waals surface area (Å²) >= 11 is 6.22. The van der Waals surface area contributed by atoms with E-state index in [0.717, 1.165) is 11.4 Å². The number of aromatic nitrogens is 1. The average Bonchev–Trinajstić information content (AvgIpc) is 3.19. The highest BCUT2D eigenvalue weighted by Crippen LogP contribution is 2.35. The smallest absolute Gasteiger partial charge is 0.330 e. The molecule has 1 aromatic heterocycles. The fourth-order valence-electron chi connectivity index (χ4n) is 2.99. The molecule has 0 saturated heterocycles. The predicted molar refractivity (Wildman–Crippen MR) is 109 cm³/mol. The summed E-state index contributed by atoms with van der Waals surface area (Å²) in [5.41, 5.74) is 2.73. The summed E-state index contributed by atoms with van der Waals surface area (Å²) in [6, 6.07) is 16.3. The van der Waals surface area contributed by atoms with Gasteiger partial charge in [0.25, 0.3) is 0 Å². The number of hydrogen-bond acceptors (Lipinski definition) is 4. The van der Waals surface area contributed by atoms with Gasteiger partial charge in [-0.15, -0.1) is 0 Å². The summed E-state index contributed by atoms with van der Waals surface area (Å²) in [4.78, 5) is 11.4. The summed E-state index contributed by atoms with van der Waals surface area (Å²) in [6.45, 7) is 0. The molecule has 0 aliphatic rings. The fourth-order valence-corrected chi connectivity index (χ4v) is 3.17. The molecule has 1 heterocycles. The second-order valence-corrected chi connectivity index (χ2v) is 6.44. The van der Waals surface area contributed by atoms with Gasteiger partial charge < -0.3 is 19.1 Å². The molecule has 0 spiro atoms. The number of carbonyl (C=O) groups excluding carboxylic acids is 1. The SMILES string of the molecule is COC(=O)C=Cc1cccn1-c1ccc(Cl)cc1C(O)c1ccccc1OC. The summed E-state index contributed by atoms with van der Waals surface area (Å²) in [5.74, 6) is 0.136. The molecule has 0 amide bonds. The number of nitrogens with zero attached hydrogens (tertiary/aromatic N) is 1.